The van der Waals surface area contributed by atoms with Gasteiger partial charge in [0.05, 0.1) is 11.3 Å². The first-order valence-corrected chi connectivity index (χ1v) is 7.64. The van der Waals surface area contributed by atoms with Gasteiger partial charge in [0.1, 0.15) is 5.70 Å². The topological polar surface area (TPSA) is 69.6 Å². The Morgan fingerprint density at radius 3 is 2.46 bits per heavy atom. The summed E-state index contributed by atoms with van der Waals surface area (Å²) in [6.07, 6.45) is 1.65. The first kappa shape index (κ1) is 15.9. The Bertz CT molecular complexity index is 872. The SMILES string of the molecule is Cc1ccccc1N1C(=O)/C(=C/c2ccc(C(=O)O)cc2)NC1=S. The first-order valence-electron chi connectivity index (χ1n) is 7.23. The zero-order chi connectivity index (χ0) is 17.3. The van der Waals surface area contributed by atoms with Crippen LogP contribution in [0.15, 0.2) is 54.2 Å². The van der Waals surface area contributed by atoms with Crippen LogP contribution in [0.4, 0.5) is 5.69 Å². The summed E-state index contributed by atoms with van der Waals surface area (Å²) in [5, 5.41) is 12.2. The van der Waals surface area contributed by atoms with Gasteiger partial charge in [-0.05, 0) is 54.5 Å². The van der Waals surface area contributed by atoms with E-state index in [1.54, 1.807) is 18.2 Å². The molecule has 2 N–H and O–H groups in total. The number of benzene rings is 2. The van der Waals surface area contributed by atoms with Crippen LogP contribution in [0.3, 0.4) is 0 Å². The van der Waals surface area contributed by atoms with E-state index < -0.39 is 5.97 Å². The number of hydrogen-bond donors (Lipinski definition) is 2. The van der Waals surface area contributed by atoms with Crippen molar-refractivity contribution in [2.45, 2.75) is 6.92 Å². The van der Waals surface area contributed by atoms with Gasteiger partial charge < -0.3 is 10.4 Å². The highest BCUT2D eigenvalue weighted by Gasteiger charge is 2.32. The Kier molecular flexibility index (Phi) is 4.14. The number of hydrogen-bond acceptors (Lipinski definition) is 3. The standard InChI is InChI=1S/C18H14N2O3S/c1-11-4-2-3-5-15(11)20-16(21)14(19-18(20)24)10-12-6-8-13(9-7-12)17(22)23/h2-10H,1H3,(H,19,24)(H,22,23)/b14-10-. The fourth-order valence-electron chi connectivity index (χ4n) is 2.46. The van der Waals surface area contributed by atoms with Crippen LogP contribution in [-0.2, 0) is 4.79 Å². The van der Waals surface area contributed by atoms with Crippen LogP contribution in [-0.4, -0.2) is 22.1 Å². The highest BCUT2D eigenvalue weighted by molar-refractivity contribution is 7.80. The van der Waals surface area contributed by atoms with Crippen molar-refractivity contribution in [2.75, 3.05) is 4.90 Å². The highest BCUT2D eigenvalue weighted by atomic mass is 32.1. The number of carbonyl (C=O) groups is 2. The van der Waals surface area contributed by atoms with Gasteiger partial charge in [0, 0.05) is 0 Å². The number of carboxylic acid groups (broad SMARTS) is 1. The lowest BCUT2D eigenvalue weighted by molar-refractivity contribution is -0.113. The molecule has 0 radical (unpaired) electrons. The zero-order valence-corrected chi connectivity index (χ0v) is 13.6. The maximum Gasteiger partial charge on any atom is 0.335 e. The number of rotatable bonds is 3. The second kappa shape index (κ2) is 6.25. The molecule has 2 aromatic carbocycles. The Morgan fingerprint density at radius 1 is 1.17 bits per heavy atom. The molecular formula is C18H14N2O3S. The molecule has 0 atom stereocenters. The van der Waals surface area contributed by atoms with E-state index in [0.717, 1.165) is 11.3 Å². The average Bonchev–Trinajstić information content (AvgIpc) is 2.83. The van der Waals surface area contributed by atoms with Crippen molar-refractivity contribution >= 4 is 41.0 Å². The van der Waals surface area contributed by atoms with Gasteiger partial charge in [-0.1, -0.05) is 30.3 Å². The van der Waals surface area contributed by atoms with Gasteiger partial charge in [-0.15, -0.1) is 0 Å². The van der Waals surface area contributed by atoms with E-state index in [9.17, 15) is 9.59 Å². The third-order valence-electron chi connectivity index (χ3n) is 3.70. The third-order valence-corrected chi connectivity index (χ3v) is 3.99. The lowest BCUT2D eigenvalue weighted by Gasteiger charge is -2.16. The van der Waals surface area contributed by atoms with Gasteiger partial charge >= 0.3 is 5.97 Å². The molecule has 2 aromatic rings. The Balaban J connectivity index is 1.91. The summed E-state index contributed by atoms with van der Waals surface area (Å²) < 4.78 is 0. The monoisotopic (exact) mass is 338 g/mol. The summed E-state index contributed by atoms with van der Waals surface area (Å²) in [5.74, 6) is -1.23. The molecule has 120 valence electrons. The maximum absolute atomic E-state index is 12.7. The summed E-state index contributed by atoms with van der Waals surface area (Å²) >= 11 is 5.28. The fraction of sp³-hybridized carbons (Fsp3) is 0.0556. The number of amides is 1. The molecule has 6 heteroatoms. The fourth-order valence-corrected chi connectivity index (χ4v) is 2.75. The average molecular weight is 338 g/mol. The summed E-state index contributed by atoms with van der Waals surface area (Å²) in [5.41, 5.74) is 2.95. The van der Waals surface area contributed by atoms with Crippen LogP contribution < -0.4 is 10.2 Å². The number of nitrogens with one attached hydrogen (secondary N) is 1. The van der Waals surface area contributed by atoms with Crippen LogP contribution in [0, 0.1) is 6.92 Å². The van der Waals surface area contributed by atoms with Crippen molar-refractivity contribution in [3.8, 4) is 0 Å². The molecule has 1 saturated heterocycles. The second-order valence-corrected chi connectivity index (χ2v) is 5.73. The normalized spacial score (nSPS) is 15.7. The van der Waals surface area contributed by atoms with E-state index in [4.69, 9.17) is 17.3 Å². The lowest BCUT2D eigenvalue weighted by atomic mass is 10.1. The van der Waals surface area contributed by atoms with E-state index >= 15 is 0 Å². The number of anilines is 1. The van der Waals surface area contributed by atoms with E-state index in [2.05, 4.69) is 5.32 Å². The molecule has 24 heavy (non-hydrogen) atoms. The number of para-hydroxylation sites is 1. The number of aryl methyl sites for hydroxylation is 1. The van der Waals surface area contributed by atoms with Gasteiger partial charge in [0.2, 0.25) is 0 Å². The molecule has 1 heterocycles. The van der Waals surface area contributed by atoms with Crippen molar-refractivity contribution in [1.29, 1.82) is 0 Å². The molecule has 0 spiro atoms. The Hall–Kier alpha value is -2.99. The van der Waals surface area contributed by atoms with E-state index in [0.29, 0.717) is 16.4 Å². The minimum atomic E-state index is -0.990. The third kappa shape index (κ3) is 2.91. The van der Waals surface area contributed by atoms with Gasteiger partial charge in [0.25, 0.3) is 5.91 Å². The van der Waals surface area contributed by atoms with Crippen LogP contribution in [0.5, 0.6) is 0 Å². The number of nitrogens with zero attached hydrogens (tertiary/aromatic N) is 1. The minimum Gasteiger partial charge on any atom is -0.478 e. The van der Waals surface area contributed by atoms with Gasteiger partial charge in [-0.25, -0.2) is 4.79 Å². The minimum absolute atomic E-state index is 0.194. The summed E-state index contributed by atoms with van der Waals surface area (Å²) in [6, 6.07) is 13.8. The second-order valence-electron chi connectivity index (χ2n) is 5.34. The van der Waals surface area contributed by atoms with Crippen molar-refractivity contribution in [3.05, 3.63) is 70.9 Å². The molecule has 3 rings (SSSR count). The molecule has 0 bridgehead atoms. The molecule has 0 aliphatic carbocycles. The maximum atomic E-state index is 12.7. The molecule has 1 amide bonds. The van der Waals surface area contributed by atoms with Gasteiger partial charge in [-0.3, -0.25) is 9.69 Å². The predicted molar refractivity (Wildman–Crippen MR) is 95.8 cm³/mol. The van der Waals surface area contributed by atoms with E-state index in [1.165, 1.54) is 17.0 Å². The molecule has 1 aliphatic rings. The van der Waals surface area contributed by atoms with Gasteiger partial charge in [-0.2, -0.15) is 0 Å². The number of carboxylic acids is 1. The first-order chi connectivity index (χ1) is 11.5. The predicted octanol–water partition coefficient (Wildman–Crippen LogP) is 2.96. The van der Waals surface area contributed by atoms with E-state index in [1.807, 2.05) is 31.2 Å². The summed E-state index contributed by atoms with van der Waals surface area (Å²) in [4.78, 5) is 25.0. The highest BCUT2D eigenvalue weighted by Crippen LogP contribution is 2.25. The molecular weight excluding hydrogens is 324 g/mol. The largest absolute Gasteiger partial charge is 0.478 e. The molecule has 1 aliphatic heterocycles. The molecule has 0 saturated carbocycles. The van der Waals surface area contributed by atoms with E-state index in [-0.39, 0.29) is 11.5 Å². The number of carbonyl (C=O) groups excluding carboxylic acids is 1. The molecule has 1 fully saturated rings. The number of thiocarbonyl (C=S) groups is 1. The van der Waals surface area contributed by atoms with Crippen LogP contribution in [0.1, 0.15) is 21.5 Å². The van der Waals surface area contributed by atoms with Gasteiger partial charge in [0.15, 0.2) is 5.11 Å². The Morgan fingerprint density at radius 2 is 1.83 bits per heavy atom. The van der Waals surface area contributed by atoms with Crippen LogP contribution >= 0.6 is 12.2 Å². The van der Waals surface area contributed by atoms with Crippen LogP contribution in [0.2, 0.25) is 0 Å². The zero-order valence-electron chi connectivity index (χ0n) is 12.8. The summed E-state index contributed by atoms with van der Waals surface area (Å²) in [7, 11) is 0. The smallest absolute Gasteiger partial charge is 0.335 e. The Labute approximate surface area is 144 Å². The van der Waals surface area contributed by atoms with Crippen LogP contribution in [0.25, 0.3) is 6.08 Å². The lowest BCUT2D eigenvalue weighted by Crippen LogP contribution is -2.30. The summed E-state index contributed by atoms with van der Waals surface area (Å²) in [6.45, 7) is 1.91. The van der Waals surface area contributed by atoms with Crippen molar-refractivity contribution in [2.24, 2.45) is 0 Å². The molecule has 5 nitrogen and oxygen atoms in total. The van der Waals surface area contributed by atoms with Crippen molar-refractivity contribution in [1.82, 2.24) is 5.32 Å². The molecule has 0 aromatic heterocycles. The van der Waals surface area contributed by atoms with Crippen molar-refractivity contribution < 1.29 is 14.7 Å². The molecule has 0 unspecified atom stereocenters. The van der Waals surface area contributed by atoms with Crippen molar-refractivity contribution in [3.63, 3.8) is 0 Å². The number of aromatic carboxylic acids is 1. The quantitative estimate of drug-likeness (QED) is 0.665.